The highest BCUT2D eigenvalue weighted by Crippen LogP contribution is 2.14. The Morgan fingerprint density at radius 3 is 2.19 bits per heavy atom. The molecular formula is C20H27N3O3S. The van der Waals surface area contributed by atoms with E-state index in [1.807, 2.05) is 6.07 Å². The lowest BCUT2D eigenvalue weighted by Gasteiger charge is -2.18. The topological polar surface area (TPSA) is 78.5 Å². The summed E-state index contributed by atoms with van der Waals surface area (Å²) in [5, 5.41) is 2.88. The standard InChI is InChI=1S/C20H27N3O3S/c1-3-23(4-2)15-14-21-20(24)18-10-12-19(13-11-18)22-27(25,26)16-17-8-6-5-7-9-17/h5-13,22H,3-4,14-16H2,1-2H3,(H,21,24). The van der Waals surface area contributed by atoms with Gasteiger partial charge in [-0.15, -0.1) is 0 Å². The fraction of sp³-hybridized carbons (Fsp3) is 0.350. The van der Waals surface area contributed by atoms with Gasteiger partial charge >= 0.3 is 0 Å². The first kappa shape index (κ1) is 20.9. The molecule has 0 heterocycles. The van der Waals surface area contributed by atoms with Crippen LogP contribution in [-0.2, 0) is 15.8 Å². The van der Waals surface area contributed by atoms with Crippen molar-refractivity contribution in [2.24, 2.45) is 0 Å². The first-order valence-electron chi connectivity index (χ1n) is 9.08. The van der Waals surface area contributed by atoms with Crippen LogP contribution in [0.2, 0.25) is 0 Å². The summed E-state index contributed by atoms with van der Waals surface area (Å²) in [6, 6.07) is 15.4. The van der Waals surface area contributed by atoms with Crippen LogP contribution in [0.25, 0.3) is 0 Å². The predicted molar refractivity (Wildman–Crippen MR) is 109 cm³/mol. The third-order valence-corrected chi connectivity index (χ3v) is 5.49. The Hall–Kier alpha value is -2.38. The van der Waals surface area contributed by atoms with Gasteiger partial charge < -0.3 is 10.2 Å². The van der Waals surface area contributed by atoms with E-state index in [0.717, 1.165) is 19.6 Å². The molecule has 2 aromatic rings. The van der Waals surface area contributed by atoms with E-state index in [4.69, 9.17) is 0 Å². The van der Waals surface area contributed by atoms with E-state index in [1.165, 1.54) is 0 Å². The van der Waals surface area contributed by atoms with Crippen LogP contribution in [0.1, 0.15) is 29.8 Å². The summed E-state index contributed by atoms with van der Waals surface area (Å²) >= 11 is 0. The minimum Gasteiger partial charge on any atom is -0.351 e. The van der Waals surface area contributed by atoms with Gasteiger partial charge in [-0.1, -0.05) is 44.2 Å². The van der Waals surface area contributed by atoms with E-state index in [0.29, 0.717) is 23.4 Å². The molecule has 0 bridgehead atoms. The molecule has 2 aromatic carbocycles. The monoisotopic (exact) mass is 389 g/mol. The van der Waals surface area contributed by atoms with Crippen molar-refractivity contribution in [2.45, 2.75) is 19.6 Å². The highest BCUT2D eigenvalue weighted by atomic mass is 32.2. The number of benzene rings is 2. The highest BCUT2D eigenvalue weighted by molar-refractivity contribution is 7.91. The molecule has 0 aromatic heterocycles. The summed E-state index contributed by atoms with van der Waals surface area (Å²) in [6.45, 7) is 7.45. The number of anilines is 1. The lowest BCUT2D eigenvalue weighted by Crippen LogP contribution is -2.34. The van der Waals surface area contributed by atoms with E-state index in [2.05, 4.69) is 28.8 Å². The number of amides is 1. The molecule has 0 saturated heterocycles. The normalized spacial score (nSPS) is 11.4. The summed E-state index contributed by atoms with van der Waals surface area (Å²) in [5.41, 5.74) is 1.65. The maximum absolute atomic E-state index is 12.3. The SMILES string of the molecule is CCN(CC)CCNC(=O)c1ccc(NS(=O)(=O)Cc2ccccc2)cc1. The lowest BCUT2D eigenvalue weighted by atomic mass is 10.2. The molecule has 7 heteroatoms. The van der Waals surface area contributed by atoms with Gasteiger partial charge in [0.25, 0.3) is 5.91 Å². The molecule has 146 valence electrons. The quantitative estimate of drug-likeness (QED) is 0.655. The van der Waals surface area contributed by atoms with Gasteiger partial charge in [0.1, 0.15) is 0 Å². The zero-order valence-electron chi connectivity index (χ0n) is 15.8. The Bertz CT molecular complexity index is 817. The van der Waals surface area contributed by atoms with Gasteiger partial charge in [-0.2, -0.15) is 0 Å². The lowest BCUT2D eigenvalue weighted by molar-refractivity contribution is 0.0949. The third kappa shape index (κ3) is 7.03. The van der Waals surface area contributed by atoms with Crippen LogP contribution >= 0.6 is 0 Å². The summed E-state index contributed by atoms with van der Waals surface area (Å²) in [6.07, 6.45) is 0. The number of rotatable bonds is 10. The molecule has 0 radical (unpaired) electrons. The van der Waals surface area contributed by atoms with Crippen molar-refractivity contribution >= 4 is 21.6 Å². The van der Waals surface area contributed by atoms with Crippen LogP contribution in [0.5, 0.6) is 0 Å². The summed E-state index contributed by atoms with van der Waals surface area (Å²) < 4.78 is 27.1. The Morgan fingerprint density at radius 1 is 0.963 bits per heavy atom. The van der Waals surface area contributed by atoms with Crippen molar-refractivity contribution in [1.29, 1.82) is 0 Å². The number of sulfonamides is 1. The van der Waals surface area contributed by atoms with E-state index >= 15 is 0 Å². The molecule has 2 N–H and O–H groups in total. The van der Waals surface area contributed by atoms with Crippen LogP contribution in [0.4, 0.5) is 5.69 Å². The molecule has 0 aliphatic rings. The van der Waals surface area contributed by atoms with Gasteiger partial charge in [0.15, 0.2) is 0 Å². The zero-order chi connectivity index (χ0) is 19.7. The fourth-order valence-corrected chi connectivity index (χ4v) is 3.87. The number of carbonyl (C=O) groups excluding carboxylic acids is 1. The number of nitrogens with one attached hydrogen (secondary N) is 2. The van der Waals surface area contributed by atoms with E-state index < -0.39 is 10.0 Å². The molecule has 2 rings (SSSR count). The first-order chi connectivity index (χ1) is 12.9. The highest BCUT2D eigenvalue weighted by Gasteiger charge is 2.12. The molecule has 6 nitrogen and oxygen atoms in total. The number of hydrogen-bond donors (Lipinski definition) is 2. The summed E-state index contributed by atoms with van der Waals surface area (Å²) in [5.74, 6) is -0.262. The maximum atomic E-state index is 12.3. The maximum Gasteiger partial charge on any atom is 0.251 e. The van der Waals surface area contributed by atoms with Gasteiger partial charge in [0, 0.05) is 24.3 Å². The second kappa shape index (κ2) is 10.1. The van der Waals surface area contributed by atoms with E-state index in [-0.39, 0.29) is 11.7 Å². The fourth-order valence-electron chi connectivity index (χ4n) is 2.67. The van der Waals surface area contributed by atoms with Crippen LogP contribution in [0, 0.1) is 0 Å². The molecule has 0 aliphatic heterocycles. The van der Waals surface area contributed by atoms with Crippen molar-refractivity contribution in [1.82, 2.24) is 10.2 Å². The number of hydrogen-bond acceptors (Lipinski definition) is 4. The second-order valence-electron chi connectivity index (χ2n) is 6.21. The van der Waals surface area contributed by atoms with Gasteiger partial charge in [-0.25, -0.2) is 8.42 Å². The number of nitrogens with zero attached hydrogens (tertiary/aromatic N) is 1. The van der Waals surface area contributed by atoms with Crippen LogP contribution in [-0.4, -0.2) is 45.4 Å². The molecule has 0 aliphatic carbocycles. The average Bonchev–Trinajstić information content (AvgIpc) is 2.65. The minimum absolute atomic E-state index is 0.0958. The molecule has 1 amide bonds. The van der Waals surface area contributed by atoms with Crippen molar-refractivity contribution in [2.75, 3.05) is 30.9 Å². The van der Waals surface area contributed by atoms with Gasteiger partial charge in [0.2, 0.25) is 10.0 Å². The van der Waals surface area contributed by atoms with Crippen molar-refractivity contribution in [3.8, 4) is 0 Å². The van der Waals surface area contributed by atoms with Crippen molar-refractivity contribution < 1.29 is 13.2 Å². The van der Waals surface area contributed by atoms with Gasteiger partial charge in [-0.3, -0.25) is 9.52 Å². The smallest absolute Gasteiger partial charge is 0.251 e. The Morgan fingerprint density at radius 2 is 1.59 bits per heavy atom. The Balaban J connectivity index is 1.89. The largest absolute Gasteiger partial charge is 0.351 e. The average molecular weight is 390 g/mol. The molecule has 27 heavy (non-hydrogen) atoms. The zero-order valence-corrected chi connectivity index (χ0v) is 16.6. The van der Waals surface area contributed by atoms with E-state index in [9.17, 15) is 13.2 Å². The molecule has 0 fully saturated rings. The van der Waals surface area contributed by atoms with Gasteiger partial charge in [-0.05, 0) is 42.9 Å². The van der Waals surface area contributed by atoms with Crippen LogP contribution in [0.3, 0.4) is 0 Å². The molecule has 0 unspecified atom stereocenters. The Kier molecular flexibility index (Phi) is 7.82. The molecule has 0 saturated carbocycles. The number of carbonyl (C=O) groups is 1. The van der Waals surface area contributed by atoms with Crippen LogP contribution in [0.15, 0.2) is 54.6 Å². The number of likely N-dealkylation sites (N-methyl/N-ethyl adjacent to an activating group) is 1. The van der Waals surface area contributed by atoms with E-state index in [1.54, 1.807) is 48.5 Å². The Labute approximate surface area is 161 Å². The molecular weight excluding hydrogens is 362 g/mol. The van der Waals surface area contributed by atoms with Crippen LogP contribution < -0.4 is 10.0 Å². The predicted octanol–water partition coefficient (Wildman–Crippen LogP) is 2.70. The summed E-state index contributed by atoms with van der Waals surface area (Å²) in [7, 11) is -3.51. The first-order valence-corrected chi connectivity index (χ1v) is 10.7. The van der Waals surface area contributed by atoms with Gasteiger partial charge in [0.05, 0.1) is 5.75 Å². The minimum atomic E-state index is -3.51. The molecule has 0 spiro atoms. The van der Waals surface area contributed by atoms with Crippen molar-refractivity contribution in [3.63, 3.8) is 0 Å². The second-order valence-corrected chi connectivity index (χ2v) is 7.93. The third-order valence-electron chi connectivity index (χ3n) is 4.23. The van der Waals surface area contributed by atoms with Crippen molar-refractivity contribution in [3.05, 3.63) is 65.7 Å². The molecule has 0 atom stereocenters. The summed E-state index contributed by atoms with van der Waals surface area (Å²) in [4.78, 5) is 14.4.